The van der Waals surface area contributed by atoms with Crippen LogP contribution in [0, 0.1) is 0 Å². The van der Waals surface area contributed by atoms with Gasteiger partial charge in [-0.05, 0) is 54.6 Å². The molecule has 0 aliphatic carbocycles. The predicted molar refractivity (Wildman–Crippen MR) is 117 cm³/mol. The van der Waals surface area contributed by atoms with Gasteiger partial charge in [-0.25, -0.2) is 4.98 Å². The van der Waals surface area contributed by atoms with Gasteiger partial charge < -0.3 is 9.47 Å². The van der Waals surface area contributed by atoms with Crippen molar-refractivity contribution in [3.05, 3.63) is 97.1 Å². The smallest absolute Gasteiger partial charge is 0.132 e. The third kappa shape index (κ3) is 3.42. The van der Waals surface area contributed by atoms with Crippen LogP contribution < -0.4 is 4.90 Å². The van der Waals surface area contributed by atoms with Crippen molar-refractivity contribution >= 4 is 28.3 Å². The lowest BCUT2D eigenvalue weighted by Gasteiger charge is -2.14. The molecule has 0 unspecified atom stereocenters. The van der Waals surface area contributed by atoms with E-state index < -0.39 is 0 Å². The average molecular weight is 387 g/mol. The molecule has 0 N–H and O–H groups in total. The van der Waals surface area contributed by atoms with Crippen LogP contribution in [0.3, 0.4) is 0 Å². The molecule has 0 saturated heterocycles. The van der Waals surface area contributed by atoms with E-state index >= 15 is 0 Å². The Morgan fingerprint density at radius 3 is 2.61 bits per heavy atom. The maximum Gasteiger partial charge on any atom is 0.132 e. The van der Waals surface area contributed by atoms with Crippen LogP contribution in [0.15, 0.2) is 92.1 Å². The summed E-state index contributed by atoms with van der Waals surface area (Å²) in [5.41, 5.74) is 4.14. The van der Waals surface area contributed by atoms with Crippen molar-refractivity contribution < 1.29 is 0 Å². The van der Waals surface area contributed by atoms with E-state index in [4.69, 9.17) is 11.6 Å². The fourth-order valence-electron chi connectivity index (χ4n) is 3.14. The van der Waals surface area contributed by atoms with Gasteiger partial charge in [-0.15, -0.1) is 0 Å². The van der Waals surface area contributed by atoms with E-state index in [1.54, 1.807) is 12.3 Å². The first kappa shape index (κ1) is 18.0. The maximum absolute atomic E-state index is 6.08. The molecule has 3 heterocycles. The molecule has 3 aromatic heterocycles. The highest BCUT2D eigenvalue weighted by atomic mass is 35.5. The fraction of sp³-hybridized carbons (Fsp3) is 0.0435. The molecule has 4 aromatic rings. The van der Waals surface area contributed by atoms with Crippen molar-refractivity contribution in [2.24, 2.45) is 0 Å². The molecule has 0 fully saturated rings. The quantitative estimate of drug-likeness (QED) is 0.402. The molecular formula is C23H19ClN4. The summed E-state index contributed by atoms with van der Waals surface area (Å²) in [7, 11) is 1.96. The molecule has 138 valence electrons. The second kappa shape index (κ2) is 7.71. The highest BCUT2D eigenvalue weighted by Crippen LogP contribution is 2.31. The lowest BCUT2D eigenvalue weighted by molar-refractivity contribution is 1.10. The molecule has 4 rings (SSSR count). The van der Waals surface area contributed by atoms with Gasteiger partial charge in [0.25, 0.3) is 0 Å². The minimum atomic E-state index is 0.710. The van der Waals surface area contributed by atoms with Gasteiger partial charge in [0.1, 0.15) is 5.82 Å². The van der Waals surface area contributed by atoms with Crippen molar-refractivity contribution in [1.82, 2.24) is 14.5 Å². The Balaban J connectivity index is 1.82. The summed E-state index contributed by atoms with van der Waals surface area (Å²) in [5.74, 6) is 0.859. The molecule has 0 spiro atoms. The highest BCUT2D eigenvalue weighted by molar-refractivity contribution is 6.30. The summed E-state index contributed by atoms with van der Waals surface area (Å²) in [5, 5.41) is 1.83. The molecule has 1 aromatic carbocycles. The molecule has 0 saturated carbocycles. The Morgan fingerprint density at radius 1 is 1.07 bits per heavy atom. The Bertz CT molecular complexity index is 1140. The second-order valence-corrected chi connectivity index (χ2v) is 6.81. The van der Waals surface area contributed by atoms with Crippen molar-refractivity contribution in [2.75, 3.05) is 11.9 Å². The number of hydrogen-bond donors (Lipinski definition) is 0. The van der Waals surface area contributed by atoms with Crippen LogP contribution in [-0.2, 0) is 0 Å². The van der Waals surface area contributed by atoms with Crippen LogP contribution >= 0.6 is 11.6 Å². The number of hydrogen-bond acceptors (Lipinski definition) is 3. The van der Waals surface area contributed by atoms with Gasteiger partial charge in [-0.3, -0.25) is 4.98 Å². The number of pyridine rings is 2. The summed E-state index contributed by atoms with van der Waals surface area (Å²) in [6.07, 6.45) is 11.1. The summed E-state index contributed by atoms with van der Waals surface area (Å²) >= 11 is 6.08. The van der Waals surface area contributed by atoms with Gasteiger partial charge in [-0.2, -0.15) is 0 Å². The summed E-state index contributed by atoms with van der Waals surface area (Å²) in [6.45, 7) is 3.69. The summed E-state index contributed by atoms with van der Waals surface area (Å²) < 4.78 is 2.18. The number of anilines is 1. The van der Waals surface area contributed by atoms with Crippen molar-refractivity contribution in [1.29, 1.82) is 0 Å². The number of aromatic nitrogens is 3. The van der Waals surface area contributed by atoms with Crippen LogP contribution in [0.25, 0.3) is 27.8 Å². The molecular weight excluding hydrogens is 368 g/mol. The van der Waals surface area contributed by atoms with Crippen LogP contribution in [-0.4, -0.2) is 21.6 Å². The average Bonchev–Trinajstić information content (AvgIpc) is 3.12. The van der Waals surface area contributed by atoms with E-state index in [2.05, 4.69) is 33.2 Å². The monoisotopic (exact) mass is 386 g/mol. The van der Waals surface area contributed by atoms with Crippen LogP contribution in [0.4, 0.5) is 5.82 Å². The Hall–Kier alpha value is -3.37. The molecule has 0 bridgehead atoms. The maximum atomic E-state index is 6.08. The Morgan fingerprint density at radius 2 is 1.89 bits per heavy atom. The van der Waals surface area contributed by atoms with E-state index in [9.17, 15) is 0 Å². The van der Waals surface area contributed by atoms with Crippen LogP contribution in [0.1, 0.15) is 0 Å². The van der Waals surface area contributed by atoms with E-state index in [0.29, 0.717) is 5.02 Å². The van der Waals surface area contributed by atoms with Crippen molar-refractivity contribution in [2.45, 2.75) is 0 Å². The van der Waals surface area contributed by atoms with E-state index in [1.165, 1.54) is 0 Å². The number of nitrogens with zero attached hydrogens (tertiary/aromatic N) is 4. The minimum Gasteiger partial charge on any atom is -0.336 e. The second-order valence-electron chi connectivity index (χ2n) is 6.37. The first-order valence-corrected chi connectivity index (χ1v) is 9.25. The number of allylic oxidation sites excluding steroid dienone is 2. The van der Waals surface area contributed by atoms with E-state index in [1.807, 2.05) is 73.0 Å². The minimum absolute atomic E-state index is 0.710. The van der Waals surface area contributed by atoms with Gasteiger partial charge in [0.05, 0.1) is 17.4 Å². The van der Waals surface area contributed by atoms with Crippen LogP contribution in [0.5, 0.6) is 0 Å². The molecule has 0 radical (unpaired) electrons. The molecule has 4 nitrogen and oxygen atoms in total. The first-order valence-electron chi connectivity index (χ1n) is 8.87. The molecule has 0 atom stereocenters. The number of fused-ring (bicyclic) bond motifs is 1. The van der Waals surface area contributed by atoms with Gasteiger partial charge in [0, 0.05) is 47.3 Å². The molecule has 5 heteroatoms. The van der Waals surface area contributed by atoms with E-state index in [0.717, 1.165) is 33.7 Å². The Labute approximate surface area is 169 Å². The standard InChI is InChI=1S/C23H19ClN4/c1-3-4-13-27(2)23-10-5-18(15-26-23)21-14-17-11-12-25-16-22(17)28(21)20-8-6-19(24)7-9-20/h3-16H,1H2,2H3/b13-4-. The van der Waals surface area contributed by atoms with Gasteiger partial charge in [0.2, 0.25) is 0 Å². The van der Waals surface area contributed by atoms with Crippen LogP contribution in [0.2, 0.25) is 5.02 Å². The first-order chi connectivity index (χ1) is 13.7. The highest BCUT2D eigenvalue weighted by Gasteiger charge is 2.13. The summed E-state index contributed by atoms with van der Waals surface area (Å²) in [4.78, 5) is 10.9. The fourth-order valence-corrected chi connectivity index (χ4v) is 3.27. The van der Waals surface area contributed by atoms with Gasteiger partial charge >= 0.3 is 0 Å². The van der Waals surface area contributed by atoms with Gasteiger partial charge in [-0.1, -0.05) is 24.3 Å². The summed E-state index contributed by atoms with van der Waals surface area (Å²) in [6, 6.07) is 16.1. The van der Waals surface area contributed by atoms with E-state index in [-0.39, 0.29) is 0 Å². The zero-order chi connectivity index (χ0) is 19.5. The zero-order valence-corrected chi connectivity index (χ0v) is 16.2. The lowest BCUT2D eigenvalue weighted by atomic mass is 10.2. The van der Waals surface area contributed by atoms with Crippen molar-refractivity contribution in [3.8, 4) is 16.9 Å². The zero-order valence-electron chi connectivity index (χ0n) is 15.5. The number of benzene rings is 1. The largest absolute Gasteiger partial charge is 0.336 e. The molecule has 0 amide bonds. The van der Waals surface area contributed by atoms with Gasteiger partial charge in [0.15, 0.2) is 0 Å². The number of halogens is 1. The van der Waals surface area contributed by atoms with Crippen molar-refractivity contribution in [3.63, 3.8) is 0 Å². The third-order valence-corrected chi connectivity index (χ3v) is 4.79. The SMILES string of the molecule is C=C/C=C\N(C)c1ccc(-c2cc3ccncc3n2-c2ccc(Cl)cc2)cn1. The lowest BCUT2D eigenvalue weighted by Crippen LogP contribution is -2.09. The predicted octanol–water partition coefficient (Wildman–Crippen LogP) is 5.88. The molecule has 0 aliphatic heterocycles. The number of rotatable bonds is 5. The molecule has 28 heavy (non-hydrogen) atoms. The molecule has 0 aliphatic rings. The normalized spacial score (nSPS) is 11.2. The topological polar surface area (TPSA) is 34.0 Å². The Kier molecular flexibility index (Phi) is 4.96. The third-order valence-electron chi connectivity index (χ3n) is 4.54.